The monoisotopic (exact) mass is 240 g/mol. The lowest BCUT2D eigenvalue weighted by Crippen LogP contribution is -2.30. The average Bonchev–Trinajstić information content (AvgIpc) is 2.69. The molecular weight excluding hydrogens is 224 g/mol. The van der Waals surface area contributed by atoms with Crippen LogP contribution in [0.3, 0.4) is 0 Å². The second kappa shape index (κ2) is 4.58. The van der Waals surface area contributed by atoms with Gasteiger partial charge in [0, 0.05) is 18.8 Å². The highest BCUT2D eigenvalue weighted by molar-refractivity contribution is 8.13. The van der Waals surface area contributed by atoms with Gasteiger partial charge in [-0.05, 0) is 27.8 Å². The third-order valence-electron chi connectivity index (χ3n) is 2.27. The molecule has 0 aromatic carbocycles. The van der Waals surface area contributed by atoms with Gasteiger partial charge in [-0.2, -0.15) is 11.3 Å². The van der Waals surface area contributed by atoms with Crippen LogP contribution in [0.1, 0.15) is 19.4 Å². The number of aliphatic imine (C=N–C) groups is 1. The Morgan fingerprint density at radius 3 is 3.00 bits per heavy atom. The van der Waals surface area contributed by atoms with Crippen LogP contribution in [0.4, 0.5) is 0 Å². The van der Waals surface area contributed by atoms with Gasteiger partial charge < -0.3 is 5.32 Å². The van der Waals surface area contributed by atoms with Crippen LogP contribution in [0.2, 0.25) is 0 Å². The standard InChI is InChI=1S/C11H16N2S2/c1-11(2)7-13-10(15-8-11)12-5-9-3-4-14-6-9/h3-4,6H,5,7-8H2,1-2H3,(H,12,13). The first-order chi connectivity index (χ1) is 7.16. The molecule has 0 unspecified atom stereocenters. The minimum Gasteiger partial charge on any atom is -0.361 e. The van der Waals surface area contributed by atoms with E-state index < -0.39 is 0 Å². The van der Waals surface area contributed by atoms with Gasteiger partial charge in [0.1, 0.15) is 0 Å². The van der Waals surface area contributed by atoms with E-state index in [0.29, 0.717) is 5.41 Å². The third-order valence-corrected chi connectivity index (χ3v) is 4.48. The zero-order valence-electron chi connectivity index (χ0n) is 9.12. The molecule has 82 valence electrons. The molecule has 0 atom stereocenters. The second-order valence-electron chi connectivity index (χ2n) is 4.56. The van der Waals surface area contributed by atoms with E-state index in [4.69, 9.17) is 0 Å². The topological polar surface area (TPSA) is 24.4 Å². The zero-order valence-corrected chi connectivity index (χ0v) is 10.8. The molecule has 2 nitrogen and oxygen atoms in total. The molecule has 15 heavy (non-hydrogen) atoms. The maximum Gasteiger partial charge on any atom is 0.156 e. The summed E-state index contributed by atoms with van der Waals surface area (Å²) >= 11 is 3.57. The molecule has 0 bridgehead atoms. The summed E-state index contributed by atoms with van der Waals surface area (Å²) in [7, 11) is 0. The fourth-order valence-corrected chi connectivity index (χ4v) is 2.94. The lowest BCUT2D eigenvalue weighted by atomic mass is 9.97. The minimum atomic E-state index is 0.359. The largest absolute Gasteiger partial charge is 0.361 e. The van der Waals surface area contributed by atoms with Crippen molar-refractivity contribution in [3.63, 3.8) is 0 Å². The Balaban J connectivity index is 1.84. The third kappa shape index (κ3) is 3.24. The highest BCUT2D eigenvalue weighted by atomic mass is 32.2. The van der Waals surface area contributed by atoms with Crippen LogP contribution in [0.5, 0.6) is 0 Å². The molecule has 0 radical (unpaired) electrons. The first-order valence-corrected chi connectivity index (χ1v) is 7.01. The summed E-state index contributed by atoms with van der Waals surface area (Å²) in [5.41, 5.74) is 1.70. The summed E-state index contributed by atoms with van der Waals surface area (Å²) in [6, 6.07) is 2.15. The molecule has 0 saturated carbocycles. The molecule has 1 aromatic rings. The van der Waals surface area contributed by atoms with Crippen molar-refractivity contribution in [2.75, 3.05) is 12.3 Å². The van der Waals surface area contributed by atoms with E-state index in [1.807, 2.05) is 11.8 Å². The number of hydrogen-bond acceptors (Lipinski definition) is 4. The lowest BCUT2D eigenvalue weighted by Gasteiger charge is -2.27. The van der Waals surface area contributed by atoms with Gasteiger partial charge in [0.2, 0.25) is 0 Å². The lowest BCUT2D eigenvalue weighted by molar-refractivity contribution is 0.436. The Kier molecular flexibility index (Phi) is 3.36. The Morgan fingerprint density at radius 2 is 2.40 bits per heavy atom. The Bertz CT molecular complexity index is 341. The van der Waals surface area contributed by atoms with Gasteiger partial charge in [-0.25, -0.2) is 0 Å². The van der Waals surface area contributed by atoms with E-state index in [9.17, 15) is 0 Å². The van der Waals surface area contributed by atoms with Crippen molar-refractivity contribution in [3.8, 4) is 0 Å². The van der Waals surface area contributed by atoms with Crippen molar-refractivity contribution in [3.05, 3.63) is 22.4 Å². The quantitative estimate of drug-likeness (QED) is 0.859. The first-order valence-electron chi connectivity index (χ1n) is 5.08. The van der Waals surface area contributed by atoms with E-state index in [2.05, 4.69) is 41.0 Å². The van der Waals surface area contributed by atoms with E-state index in [0.717, 1.165) is 24.0 Å². The smallest absolute Gasteiger partial charge is 0.156 e. The van der Waals surface area contributed by atoms with E-state index in [-0.39, 0.29) is 0 Å². The predicted molar refractivity (Wildman–Crippen MR) is 69.7 cm³/mol. The summed E-state index contributed by atoms with van der Waals surface area (Å²) in [5, 5.41) is 8.76. The van der Waals surface area contributed by atoms with Crippen molar-refractivity contribution in [2.45, 2.75) is 20.4 Å². The minimum absolute atomic E-state index is 0.359. The van der Waals surface area contributed by atoms with Crippen LogP contribution in [0.15, 0.2) is 21.8 Å². The van der Waals surface area contributed by atoms with Crippen LogP contribution in [0.25, 0.3) is 0 Å². The Labute approximate surface area is 99.2 Å². The van der Waals surface area contributed by atoms with E-state index in [1.54, 1.807) is 11.3 Å². The molecule has 0 fully saturated rings. The van der Waals surface area contributed by atoms with E-state index >= 15 is 0 Å². The van der Waals surface area contributed by atoms with Crippen molar-refractivity contribution >= 4 is 28.3 Å². The molecule has 1 N–H and O–H groups in total. The molecule has 0 amide bonds. The highest BCUT2D eigenvalue weighted by Crippen LogP contribution is 2.27. The summed E-state index contributed by atoms with van der Waals surface area (Å²) in [4.78, 5) is 4.55. The number of hydrogen-bond donors (Lipinski definition) is 1. The van der Waals surface area contributed by atoms with Crippen molar-refractivity contribution < 1.29 is 0 Å². The summed E-state index contributed by atoms with van der Waals surface area (Å²) in [5.74, 6) is 1.16. The van der Waals surface area contributed by atoms with Crippen molar-refractivity contribution in [1.29, 1.82) is 0 Å². The fourth-order valence-electron chi connectivity index (χ4n) is 1.32. The number of nitrogens with one attached hydrogen (secondary N) is 1. The summed E-state index contributed by atoms with van der Waals surface area (Å²) < 4.78 is 0. The van der Waals surface area contributed by atoms with E-state index in [1.165, 1.54) is 5.56 Å². The number of thiophene rings is 1. The molecule has 1 aliphatic rings. The second-order valence-corrected chi connectivity index (χ2v) is 6.30. The molecule has 0 saturated heterocycles. The van der Waals surface area contributed by atoms with Crippen LogP contribution < -0.4 is 5.32 Å². The van der Waals surface area contributed by atoms with Gasteiger partial charge in [0.25, 0.3) is 0 Å². The first kappa shape index (κ1) is 11.0. The molecule has 4 heteroatoms. The van der Waals surface area contributed by atoms with Gasteiger partial charge in [-0.15, -0.1) is 0 Å². The fraction of sp³-hybridized carbons (Fsp3) is 0.545. The molecular formula is C11H16N2S2. The normalized spacial score (nSPS) is 19.7. The number of thioether (sulfide) groups is 1. The van der Waals surface area contributed by atoms with Gasteiger partial charge in [0.15, 0.2) is 5.17 Å². The van der Waals surface area contributed by atoms with Gasteiger partial charge >= 0.3 is 0 Å². The van der Waals surface area contributed by atoms with Gasteiger partial charge in [0.05, 0.1) is 0 Å². The SMILES string of the molecule is CC1(C)CN=C(NCc2ccsc2)SC1. The van der Waals surface area contributed by atoms with Crippen molar-refractivity contribution in [2.24, 2.45) is 10.4 Å². The molecule has 1 aliphatic heterocycles. The molecule has 1 aromatic heterocycles. The number of amidine groups is 1. The van der Waals surface area contributed by atoms with Crippen LogP contribution in [0, 0.1) is 5.41 Å². The number of nitrogens with zero attached hydrogens (tertiary/aromatic N) is 1. The average molecular weight is 240 g/mol. The summed E-state index contributed by atoms with van der Waals surface area (Å²) in [6.45, 7) is 6.36. The molecule has 2 rings (SSSR count). The molecule has 0 aliphatic carbocycles. The Hall–Kier alpha value is -0.480. The van der Waals surface area contributed by atoms with Gasteiger partial charge in [-0.3, -0.25) is 4.99 Å². The van der Waals surface area contributed by atoms with Crippen LogP contribution in [-0.2, 0) is 6.54 Å². The van der Waals surface area contributed by atoms with Crippen LogP contribution in [-0.4, -0.2) is 17.5 Å². The van der Waals surface area contributed by atoms with Gasteiger partial charge in [-0.1, -0.05) is 25.6 Å². The van der Waals surface area contributed by atoms with Crippen molar-refractivity contribution in [1.82, 2.24) is 5.32 Å². The maximum atomic E-state index is 4.55. The number of rotatable bonds is 2. The molecule has 0 spiro atoms. The molecule has 2 heterocycles. The maximum absolute atomic E-state index is 4.55. The predicted octanol–water partition coefficient (Wildman–Crippen LogP) is 2.97. The summed E-state index contributed by atoms with van der Waals surface area (Å²) in [6.07, 6.45) is 0. The highest BCUT2D eigenvalue weighted by Gasteiger charge is 2.22. The Morgan fingerprint density at radius 1 is 1.53 bits per heavy atom. The van der Waals surface area contributed by atoms with Crippen LogP contribution >= 0.6 is 23.1 Å². The zero-order chi connectivity index (χ0) is 10.7.